The number of hydrogen-bond acceptors (Lipinski definition) is 3. The molecule has 4 heteroatoms. The van der Waals surface area contributed by atoms with Crippen LogP contribution in [0.3, 0.4) is 0 Å². The second-order valence-corrected chi connectivity index (χ2v) is 3.87. The number of rotatable bonds is 5. The van der Waals surface area contributed by atoms with Crippen LogP contribution >= 0.6 is 0 Å². The van der Waals surface area contributed by atoms with Crippen molar-refractivity contribution < 1.29 is 4.79 Å². The smallest absolute Gasteiger partial charge is 0.239 e. The first-order chi connectivity index (χ1) is 5.88. The van der Waals surface area contributed by atoms with Gasteiger partial charge in [-0.1, -0.05) is 6.92 Å². The highest BCUT2D eigenvalue weighted by Gasteiger charge is 2.20. The first-order valence-electron chi connectivity index (χ1n) is 4.63. The topological polar surface area (TPSA) is 58.4 Å². The molecular formula is C9H21N3O. The quantitative estimate of drug-likeness (QED) is 0.626. The van der Waals surface area contributed by atoms with Gasteiger partial charge < -0.3 is 16.0 Å². The highest BCUT2D eigenvalue weighted by atomic mass is 16.2. The van der Waals surface area contributed by atoms with Crippen LogP contribution in [0.25, 0.3) is 0 Å². The van der Waals surface area contributed by atoms with Crippen molar-refractivity contribution in [1.82, 2.24) is 10.2 Å². The Balaban J connectivity index is 3.60. The summed E-state index contributed by atoms with van der Waals surface area (Å²) in [6, 6.07) is 0. The van der Waals surface area contributed by atoms with Crippen molar-refractivity contribution in [1.29, 1.82) is 0 Å². The molecule has 0 aromatic heterocycles. The fraction of sp³-hybridized carbons (Fsp3) is 0.889. The fourth-order valence-corrected chi connectivity index (χ4v) is 0.746. The van der Waals surface area contributed by atoms with Crippen molar-refractivity contribution in [2.45, 2.75) is 26.3 Å². The molecule has 0 bridgehead atoms. The van der Waals surface area contributed by atoms with E-state index < -0.39 is 5.54 Å². The first-order valence-corrected chi connectivity index (χ1v) is 4.63. The number of likely N-dealkylation sites (N-methyl/N-ethyl adjacent to an activating group) is 1. The number of carbonyl (C=O) groups excluding carboxylic acids is 1. The van der Waals surface area contributed by atoms with Crippen molar-refractivity contribution >= 4 is 5.91 Å². The van der Waals surface area contributed by atoms with Gasteiger partial charge in [0, 0.05) is 13.1 Å². The third-order valence-electron chi connectivity index (χ3n) is 1.90. The molecular weight excluding hydrogens is 166 g/mol. The van der Waals surface area contributed by atoms with Crippen LogP contribution in [0.2, 0.25) is 0 Å². The Morgan fingerprint density at radius 1 is 1.54 bits per heavy atom. The number of carbonyl (C=O) groups is 1. The summed E-state index contributed by atoms with van der Waals surface area (Å²) in [6.07, 6.45) is 0. The second-order valence-electron chi connectivity index (χ2n) is 3.87. The molecule has 0 aromatic rings. The molecule has 3 N–H and O–H groups in total. The van der Waals surface area contributed by atoms with Crippen LogP contribution in [0, 0.1) is 0 Å². The summed E-state index contributed by atoms with van der Waals surface area (Å²) in [7, 11) is 2.01. The van der Waals surface area contributed by atoms with Crippen LogP contribution in [0.5, 0.6) is 0 Å². The zero-order valence-corrected chi connectivity index (χ0v) is 9.05. The van der Waals surface area contributed by atoms with E-state index >= 15 is 0 Å². The standard InChI is InChI=1S/C9H21N3O/c1-5-12(4)7-6-11-8(13)9(2,3)10/h5-7,10H2,1-4H3,(H,11,13). The molecule has 0 radical (unpaired) electrons. The molecule has 4 nitrogen and oxygen atoms in total. The van der Waals surface area contributed by atoms with Crippen molar-refractivity contribution in [3.8, 4) is 0 Å². The number of nitrogens with one attached hydrogen (secondary N) is 1. The largest absolute Gasteiger partial charge is 0.353 e. The van der Waals surface area contributed by atoms with Crippen LogP contribution in [0.15, 0.2) is 0 Å². The molecule has 0 fully saturated rings. The van der Waals surface area contributed by atoms with Gasteiger partial charge in [-0.25, -0.2) is 0 Å². The Morgan fingerprint density at radius 2 is 2.08 bits per heavy atom. The second kappa shape index (κ2) is 5.19. The van der Waals surface area contributed by atoms with Crippen LogP contribution in [-0.4, -0.2) is 43.0 Å². The van der Waals surface area contributed by atoms with E-state index in [1.54, 1.807) is 13.8 Å². The highest BCUT2D eigenvalue weighted by Crippen LogP contribution is 1.94. The number of nitrogens with zero attached hydrogens (tertiary/aromatic N) is 1. The number of nitrogens with two attached hydrogens (primary N) is 1. The predicted molar refractivity (Wildman–Crippen MR) is 54.4 cm³/mol. The maximum Gasteiger partial charge on any atom is 0.239 e. The molecule has 0 saturated carbocycles. The maximum absolute atomic E-state index is 11.3. The molecule has 0 rings (SSSR count). The number of amides is 1. The van der Waals surface area contributed by atoms with Gasteiger partial charge in [-0.15, -0.1) is 0 Å². The van der Waals surface area contributed by atoms with E-state index in [1.807, 2.05) is 7.05 Å². The number of hydrogen-bond donors (Lipinski definition) is 2. The van der Waals surface area contributed by atoms with E-state index in [0.29, 0.717) is 6.54 Å². The van der Waals surface area contributed by atoms with Crippen LogP contribution in [0.4, 0.5) is 0 Å². The van der Waals surface area contributed by atoms with Crippen LogP contribution in [-0.2, 0) is 4.79 Å². The normalized spacial score (nSPS) is 11.8. The third kappa shape index (κ3) is 5.60. The summed E-state index contributed by atoms with van der Waals surface area (Å²) in [5.41, 5.74) is 4.83. The van der Waals surface area contributed by atoms with E-state index in [9.17, 15) is 4.79 Å². The van der Waals surface area contributed by atoms with Gasteiger partial charge in [0.2, 0.25) is 5.91 Å². The van der Waals surface area contributed by atoms with Crippen molar-refractivity contribution in [2.24, 2.45) is 5.73 Å². The lowest BCUT2D eigenvalue weighted by molar-refractivity contribution is -0.125. The van der Waals surface area contributed by atoms with Gasteiger partial charge in [-0.3, -0.25) is 4.79 Å². The first kappa shape index (κ1) is 12.4. The SMILES string of the molecule is CCN(C)CCNC(=O)C(C)(C)N. The minimum Gasteiger partial charge on any atom is -0.353 e. The molecule has 0 heterocycles. The fourth-order valence-electron chi connectivity index (χ4n) is 0.746. The molecule has 0 saturated heterocycles. The molecule has 78 valence electrons. The van der Waals surface area contributed by atoms with E-state index in [2.05, 4.69) is 17.1 Å². The summed E-state index contributed by atoms with van der Waals surface area (Å²) in [6.45, 7) is 7.98. The molecule has 0 aliphatic rings. The summed E-state index contributed by atoms with van der Waals surface area (Å²) in [5.74, 6) is -0.1000. The van der Waals surface area contributed by atoms with Gasteiger partial charge in [0.1, 0.15) is 0 Å². The van der Waals surface area contributed by atoms with Crippen molar-refractivity contribution in [3.63, 3.8) is 0 Å². The monoisotopic (exact) mass is 187 g/mol. The molecule has 0 spiro atoms. The molecule has 0 aliphatic carbocycles. The highest BCUT2D eigenvalue weighted by molar-refractivity contribution is 5.84. The molecule has 13 heavy (non-hydrogen) atoms. The van der Waals surface area contributed by atoms with E-state index in [0.717, 1.165) is 13.1 Å². The van der Waals surface area contributed by atoms with E-state index in [4.69, 9.17) is 5.73 Å². The van der Waals surface area contributed by atoms with Gasteiger partial charge in [0.15, 0.2) is 0 Å². The molecule has 0 aromatic carbocycles. The zero-order chi connectivity index (χ0) is 10.5. The molecule has 0 aliphatic heterocycles. The molecule has 0 atom stereocenters. The predicted octanol–water partition coefficient (Wildman–Crippen LogP) is -0.208. The lowest BCUT2D eigenvalue weighted by Crippen LogP contribution is -2.50. The summed E-state index contributed by atoms with van der Waals surface area (Å²) >= 11 is 0. The van der Waals surface area contributed by atoms with Crippen molar-refractivity contribution in [2.75, 3.05) is 26.7 Å². The third-order valence-corrected chi connectivity index (χ3v) is 1.90. The van der Waals surface area contributed by atoms with Gasteiger partial charge in [0.25, 0.3) is 0 Å². The molecule has 1 amide bonds. The average molecular weight is 187 g/mol. The van der Waals surface area contributed by atoms with E-state index in [1.165, 1.54) is 0 Å². The Kier molecular flexibility index (Phi) is 4.95. The van der Waals surface area contributed by atoms with Gasteiger partial charge in [0.05, 0.1) is 5.54 Å². The minimum atomic E-state index is -0.773. The summed E-state index contributed by atoms with van der Waals surface area (Å²) < 4.78 is 0. The Labute approximate surface area is 80.5 Å². The lowest BCUT2D eigenvalue weighted by Gasteiger charge is -2.19. The van der Waals surface area contributed by atoms with Crippen molar-refractivity contribution in [3.05, 3.63) is 0 Å². The molecule has 0 unspecified atom stereocenters. The lowest BCUT2D eigenvalue weighted by atomic mass is 10.1. The van der Waals surface area contributed by atoms with Gasteiger partial charge in [-0.2, -0.15) is 0 Å². The van der Waals surface area contributed by atoms with Gasteiger partial charge >= 0.3 is 0 Å². The van der Waals surface area contributed by atoms with E-state index in [-0.39, 0.29) is 5.91 Å². The van der Waals surface area contributed by atoms with Gasteiger partial charge in [-0.05, 0) is 27.4 Å². The summed E-state index contributed by atoms with van der Waals surface area (Å²) in [5, 5.41) is 2.78. The minimum absolute atomic E-state index is 0.1000. The van der Waals surface area contributed by atoms with Crippen LogP contribution in [0.1, 0.15) is 20.8 Å². The maximum atomic E-state index is 11.3. The zero-order valence-electron chi connectivity index (χ0n) is 9.05. The Hall–Kier alpha value is -0.610. The summed E-state index contributed by atoms with van der Waals surface area (Å²) in [4.78, 5) is 13.4. The Bertz CT molecular complexity index is 163. The van der Waals surface area contributed by atoms with Crippen LogP contribution < -0.4 is 11.1 Å². The Morgan fingerprint density at radius 3 is 2.46 bits per heavy atom. The average Bonchev–Trinajstić information content (AvgIpc) is 2.02.